The zero-order chi connectivity index (χ0) is 26.6. The second-order valence-corrected chi connectivity index (χ2v) is 8.37. The summed E-state index contributed by atoms with van der Waals surface area (Å²) in [6, 6.07) is 8.62. The van der Waals surface area contributed by atoms with E-state index in [1.807, 2.05) is 37.2 Å². The minimum absolute atomic E-state index is 0.0394. The first kappa shape index (κ1) is 28.8. The highest BCUT2D eigenvalue weighted by Crippen LogP contribution is 2.29. The molecule has 1 aromatic heterocycles. The van der Waals surface area contributed by atoms with Crippen molar-refractivity contribution in [2.75, 3.05) is 33.7 Å². The first-order valence-electron chi connectivity index (χ1n) is 11.3. The molecule has 3 rings (SSSR count). The zero-order valence-electron chi connectivity index (χ0n) is 20.4. The van der Waals surface area contributed by atoms with Gasteiger partial charge in [-0.15, -0.1) is 0 Å². The van der Waals surface area contributed by atoms with Crippen LogP contribution in [-0.2, 0) is 22.3 Å². The van der Waals surface area contributed by atoms with Crippen molar-refractivity contribution in [3.63, 3.8) is 0 Å². The van der Waals surface area contributed by atoms with Crippen molar-refractivity contribution in [2.24, 2.45) is 11.6 Å². The lowest BCUT2D eigenvalue weighted by Crippen LogP contribution is -2.28. The highest BCUT2D eigenvalue weighted by Gasteiger charge is 2.30. The molecule has 1 saturated heterocycles. The van der Waals surface area contributed by atoms with Crippen LogP contribution in [0.5, 0.6) is 0 Å². The monoisotopic (exact) mass is 506 g/mol. The molecule has 1 amide bonds. The van der Waals surface area contributed by atoms with Gasteiger partial charge in [-0.05, 0) is 50.3 Å². The van der Waals surface area contributed by atoms with Crippen LogP contribution in [-0.4, -0.2) is 60.5 Å². The number of hydrazine groups is 1. The third kappa shape index (κ3) is 10.1. The molecule has 0 spiro atoms. The van der Waals surface area contributed by atoms with Gasteiger partial charge in [0.2, 0.25) is 5.91 Å². The molecule has 1 aliphatic rings. The lowest BCUT2D eigenvalue weighted by atomic mass is 10.1. The normalized spacial score (nSPS) is 16.2. The Morgan fingerprint density at radius 3 is 2.58 bits per heavy atom. The third-order valence-corrected chi connectivity index (χ3v) is 5.19. The van der Waals surface area contributed by atoms with Crippen molar-refractivity contribution in [1.82, 2.24) is 20.2 Å². The number of aromatic nitrogens is 1. The molecule has 0 aliphatic carbocycles. The van der Waals surface area contributed by atoms with E-state index in [9.17, 15) is 18.0 Å². The number of likely N-dealkylation sites (tertiary alicyclic amines) is 1. The van der Waals surface area contributed by atoms with Crippen LogP contribution in [0.25, 0.3) is 5.70 Å². The average molecular weight is 507 g/mol. The smallest absolute Gasteiger partial charge is 0.397 e. The number of hydrogen-bond donors (Lipinski definition) is 3. The molecule has 8 nitrogen and oxygen atoms in total. The minimum Gasteiger partial charge on any atom is -0.397 e. The number of ether oxygens (including phenoxy) is 1. The molecule has 0 bridgehead atoms. The number of hydrogen-bond acceptors (Lipinski definition) is 7. The Labute approximate surface area is 209 Å². The molecule has 1 atom stereocenters. The molecule has 11 heteroatoms. The Balaban J connectivity index is 0.000000346. The summed E-state index contributed by atoms with van der Waals surface area (Å²) in [6.45, 7) is 2.07. The van der Waals surface area contributed by atoms with Gasteiger partial charge in [0.05, 0.1) is 24.0 Å². The van der Waals surface area contributed by atoms with Crippen molar-refractivity contribution in [2.45, 2.75) is 25.3 Å². The Bertz CT molecular complexity index is 995. The average Bonchev–Trinajstić information content (AvgIpc) is 3.33. The van der Waals surface area contributed by atoms with Crippen molar-refractivity contribution in [1.29, 1.82) is 0 Å². The SMILES string of the molecule is CN(C)C/C=C/C(=O)N1CCC(OCc2ccc(C(F)(F)F)cc2)C1.NN/C=C(\N)c1cccnc1. The van der Waals surface area contributed by atoms with E-state index in [4.69, 9.17) is 16.3 Å². The van der Waals surface area contributed by atoms with Gasteiger partial charge in [-0.3, -0.25) is 15.6 Å². The predicted molar refractivity (Wildman–Crippen MR) is 133 cm³/mol. The van der Waals surface area contributed by atoms with Gasteiger partial charge in [0.25, 0.3) is 0 Å². The van der Waals surface area contributed by atoms with Crippen molar-refractivity contribution >= 4 is 11.6 Å². The van der Waals surface area contributed by atoms with E-state index in [0.717, 1.165) is 24.1 Å². The molecular formula is C25H33F3N6O2. The number of nitrogens with one attached hydrogen (secondary N) is 1. The van der Waals surface area contributed by atoms with Gasteiger partial charge in [-0.1, -0.05) is 18.2 Å². The number of amides is 1. The van der Waals surface area contributed by atoms with Crippen LogP contribution >= 0.6 is 0 Å². The Morgan fingerprint density at radius 1 is 1.28 bits per heavy atom. The van der Waals surface area contributed by atoms with E-state index in [1.165, 1.54) is 18.3 Å². The maximum atomic E-state index is 12.5. The van der Waals surface area contributed by atoms with Crippen LogP contribution < -0.4 is 17.0 Å². The van der Waals surface area contributed by atoms with Crippen LogP contribution in [0.1, 0.15) is 23.1 Å². The number of alkyl halides is 3. The molecule has 196 valence electrons. The first-order valence-corrected chi connectivity index (χ1v) is 11.3. The summed E-state index contributed by atoms with van der Waals surface area (Å²) in [4.78, 5) is 19.6. The summed E-state index contributed by atoms with van der Waals surface area (Å²) in [5.41, 5.74) is 9.37. The first-order chi connectivity index (χ1) is 17.1. The molecule has 1 unspecified atom stereocenters. The summed E-state index contributed by atoms with van der Waals surface area (Å²) in [6.07, 6.45) is 4.57. The summed E-state index contributed by atoms with van der Waals surface area (Å²) in [7, 11) is 3.85. The Hall–Kier alpha value is -3.41. The molecule has 1 aliphatic heterocycles. The van der Waals surface area contributed by atoms with Gasteiger partial charge >= 0.3 is 6.18 Å². The zero-order valence-corrected chi connectivity index (χ0v) is 20.4. The van der Waals surface area contributed by atoms with Gasteiger partial charge in [-0.2, -0.15) is 13.2 Å². The Morgan fingerprint density at radius 2 is 2.00 bits per heavy atom. The largest absolute Gasteiger partial charge is 0.416 e. The standard InChI is InChI=1S/C18H23F3N2O2.C7H10N4/c1-22(2)10-3-4-17(24)23-11-9-16(12-23)25-13-14-5-7-15(8-6-14)18(19,20)21;8-7(5-11-9)6-2-1-3-10-4-6/h3-8,16H,9-13H2,1-2H3;1-5,11H,8-9H2/b4-3+;7-5-. The molecule has 36 heavy (non-hydrogen) atoms. The van der Waals surface area contributed by atoms with Gasteiger partial charge in [0, 0.05) is 49.9 Å². The molecular weight excluding hydrogens is 473 g/mol. The van der Waals surface area contributed by atoms with Crippen LogP contribution in [0.2, 0.25) is 0 Å². The second-order valence-electron chi connectivity index (χ2n) is 8.37. The minimum atomic E-state index is -4.33. The van der Waals surface area contributed by atoms with Gasteiger partial charge in [-0.25, -0.2) is 0 Å². The van der Waals surface area contributed by atoms with E-state index in [2.05, 4.69) is 10.4 Å². The number of carbonyl (C=O) groups excluding carboxylic acids is 1. The molecule has 1 aromatic carbocycles. The van der Waals surface area contributed by atoms with Crippen molar-refractivity contribution < 1.29 is 22.7 Å². The fourth-order valence-corrected chi connectivity index (χ4v) is 3.24. The fraction of sp³-hybridized carbons (Fsp3) is 0.360. The number of nitrogens with zero attached hydrogens (tertiary/aromatic N) is 3. The summed E-state index contributed by atoms with van der Waals surface area (Å²) >= 11 is 0. The van der Waals surface area contributed by atoms with E-state index in [-0.39, 0.29) is 18.6 Å². The number of likely N-dealkylation sites (N-methyl/N-ethyl adjacent to an activating group) is 1. The quantitative estimate of drug-likeness (QED) is 0.287. The van der Waals surface area contributed by atoms with Crippen LogP contribution in [0.3, 0.4) is 0 Å². The molecule has 2 heterocycles. The van der Waals surface area contributed by atoms with Gasteiger partial charge in [0.15, 0.2) is 0 Å². The van der Waals surface area contributed by atoms with Crippen molar-refractivity contribution in [3.05, 3.63) is 83.8 Å². The van der Waals surface area contributed by atoms with Crippen molar-refractivity contribution in [3.8, 4) is 0 Å². The second kappa shape index (κ2) is 14.2. The van der Waals surface area contributed by atoms with Crippen LogP contribution in [0.15, 0.2) is 67.1 Å². The predicted octanol–water partition coefficient (Wildman–Crippen LogP) is 2.74. The molecule has 2 aromatic rings. The molecule has 1 fully saturated rings. The van der Waals surface area contributed by atoms with E-state index >= 15 is 0 Å². The number of rotatable bonds is 8. The van der Waals surface area contributed by atoms with E-state index in [1.54, 1.807) is 23.4 Å². The molecule has 0 saturated carbocycles. The molecule has 5 N–H and O–H groups in total. The number of halogens is 3. The van der Waals surface area contributed by atoms with Gasteiger partial charge in [0.1, 0.15) is 0 Å². The maximum Gasteiger partial charge on any atom is 0.416 e. The number of benzene rings is 1. The Kier molecular flexibility index (Phi) is 11.4. The van der Waals surface area contributed by atoms with Crippen LogP contribution in [0.4, 0.5) is 13.2 Å². The van der Waals surface area contributed by atoms with Gasteiger partial charge < -0.3 is 25.7 Å². The lowest BCUT2D eigenvalue weighted by molar-refractivity contribution is -0.137. The summed E-state index contributed by atoms with van der Waals surface area (Å²) in [5.74, 6) is 5.00. The highest BCUT2D eigenvalue weighted by atomic mass is 19.4. The highest BCUT2D eigenvalue weighted by molar-refractivity contribution is 5.87. The maximum absolute atomic E-state index is 12.5. The molecule has 0 radical (unpaired) electrons. The number of carbonyl (C=O) groups is 1. The fourth-order valence-electron chi connectivity index (χ4n) is 3.24. The van der Waals surface area contributed by atoms with E-state index < -0.39 is 11.7 Å². The topological polar surface area (TPSA) is 110 Å². The number of nitrogens with two attached hydrogens (primary N) is 2. The summed E-state index contributed by atoms with van der Waals surface area (Å²) in [5, 5.41) is 0. The number of pyridine rings is 1. The van der Waals surface area contributed by atoms with Crippen LogP contribution in [0, 0.1) is 0 Å². The lowest BCUT2D eigenvalue weighted by Gasteiger charge is -2.15. The van der Waals surface area contributed by atoms with E-state index in [0.29, 0.717) is 30.9 Å². The summed E-state index contributed by atoms with van der Waals surface area (Å²) < 4.78 is 43.3. The third-order valence-electron chi connectivity index (χ3n) is 5.19.